The van der Waals surface area contributed by atoms with Gasteiger partial charge in [0.05, 0.1) is 0 Å². The van der Waals surface area contributed by atoms with E-state index in [1.165, 1.54) is 26.7 Å². The van der Waals surface area contributed by atoms with Gasteiger partial charge in [0.2, 0.25) is 0 Å². The third-order valence-electron chi connectivity index (χ3n) is 6.80. The minimum atomic E-state index is -1.92. The molecule has 2 heteroatoms. The quantitative estimate of drug-likeness (QED) is 0.382. The number of fused-ring (bicyclic) bond motifs is 2. The minimum absolute atomic E-state index is 0.113. The Bertz CT molecular complexity index is 1020. The van der Waals surface area contributed by atoms with Crippen molar-refractivity contribution >= 4 is 45.7 Å². The molecule has 0 saturated heterocycles. The van der Waals surface area contributed by atoms with Gasteiger partial charge in [0, 0.05) is 0 Å². The van der Waals surface area contributed by atoms with Crippen LogP contribution in [-0.4, -0.2) is 13.3 Å². The number of hydrogen-bond donors (Lipinski definition) is 0. The molecule has 0 aliphatic heterocycles. The molecule has 2 aliphatic carbocycles. The van der Waals surface area contributed by atoms with E-state index in [1.807, 2.05) is 0 Å². The summed E-state index contributed by atoms with van der Waals surface area (Å²) in [5, 5.41) is 0. The summed E-state index contributed by atoms with van der Waals surface area (Å²) in [4.78, 5) is 0. The zero-order valence-electron chi connectivity index (χ0n) is 18.2. The standard InChI is InChI=1S/C26H31BrGe/c1-16-14-20-18(10-8-12-22(20)27)24(16)26(3,4)25-17(2)15-21-19(25)11-9-13-23(21)28(5,6)7/h8-15,24-25H,1-7H3. The van der Waals surface area contributed by atoms with Crippen molar-refractivity contribution < 1.29 is 0 Å². The van der Waals surface area contributed by atoms with Crippen LogP contribution in [0.15, 0.2) is 52.0 Å². The molecule has 146 valence electrons. The summed E-state index contributed by atoms with van der Waals surface area (Å²) in [6, 6.07) is 13.8. The first-order chi connectivity index (χ1) is 13.0. The molecule has 2 unspecified atom stereocenters. The van der Waals surface area contributed by atoms with Gasteiger partial charge in [-0.2, -0.15) is 0 Å². The molecule has 2 aromatic rings. The predicted octanol–water partition coefficient (Wildman–Crippen LogP) is 7.72. The second-order valence-corrected chi connectivity index (χ2v) is 21.7. The van der Waals surface area contributed by atoms with Crippen molar-refractivity contribution in [1.82, 2.24) is 0 Å². The monoisotopic (exact) mass is 496 g/mol. The van der Waals surface area contributed by atoms with E-state index in [1.54, 1.807) is 15.5 Å². The van der Waals surface area contributed by atoms with Gasteiger partial charge < -0.3 is 0 Å². The Labute approximate surface area is 181 Å². The summed E-state index contributed by atoms with van der Waals surface area (Å²) >= 11 is 1.85. The van der Waals surface area contributed by atoms with E-state index in [2.05, 4.69) is 109 Å². The van der Waals surface area contributed by atoms with Gasteiger partial charge >= 0.3 is 182 Å². The summed E-state index contributed by atoms with van der Waals surface area (Å²) in [6.07, 6.45) is 4.89. The number of halogens is 1. The Morgan fingerprint density at radius 1 is 0.786 bits per heavy atom. The molecule has 4 rings (SSSR count). The molecular weight excluding hydrogens is 465 g/mol. The van der Waals surface area contributed by atoms with Gasteiger partial charge in [0.25, 0.3) is 0 Å². The molecule has 0 radical (unpaired) electrons. The van der Waals surface area contributed by atoms with E-state index < -0.39 is 13.3 Å². The van der Waals surface area contributed by atoms with E-state index in [9.17, 15) is 0 Å². The van der Waals surface area contributed by atoms with Crippen molar-refractivity contribution in [3.63, 3.8) is 0 Å². The Morgan fingerprint density at radius 2 is 1.29 bits per heavy atom. The van der Waals surface area contributed by atoms with Crippen LogP contribution < -0.4 is 4.40 Å². The van der Waals surface area contributed by atoms with Crippen LogP contribution in [0.3, 0.4) is 0 Å². The van der Waals surface area contributed by atoms with Crippen molar-refractivity contribution in [3.05, 3.63) is 74.3 Å². The van der Waals surface area contributed by atoms with Crippen LogP contribution in [0.1, 0.15) is 61.8 Å². The van der Waals surface area contributed by atoms with E-state index in [0.717, 1.165) is 0 Å². The van der Waals surface area contributed by atoms with E-state index >= 15 is 0 Å². The maximum absolute atomic E-state index is 3.77. The van der Waals surface area contributed by atoms with Crippen molar-refractivity contribution in [2.24, 2.45) is 5.41 Å². The third kappa shape index (κ3) is 3.01. The summed E-state index contributed by atoms with van der Waals surface area (Å²) in [7, 11) is 0. The van der Waals surface area contributed by atoms with Crippen molar-refractivity contribution in [3.8, 4) is 0 Å². The summed E-state index contributed by atoms with van der Waals surface area (Å²) in [5.74, 6) is 8.43. The molecule has 0 saturated carbocycles. The number of allylic oxidation sites excluding steroid dienone is 2. The molecule has 2 aliphatic rings. The van der Waals surface area contributed by atoms with Gasteiger partial charge in [-0.1, -0.05) is 0 Å². The fraction of sp³-hybridized carbons (Fsp3) is 0.385. The third-order valence-corrected chi connectivity index (χ3v) is 11.8. The van der Waals surface area contributed by atoms with Crippen LogP contribution in [0, 0.1) is 5.41 Å². The molecule has 0 spiro atoms. The number of benzene rings is 2. The van der Waals surface area contributed by atoms with Gasteiger partial charge in [-0.05, 0) is 0 Å². The summed E-state index contributed by atoms with van der Waals surface area (Å²) < 4.78 is 2.86. The zero-order chi connectivity index (χ0) is 20.4. The average molecular weight is 496 g/mol. The normalized spacial score (nSPS) is 21.3. The van der Waals surface area contributed by atoms with Crippen LogP contribution in [0.4, 0.5) is 0 Å². The average Bonchev–Trinajstić information content (AvgIpc) is 3.10. The van der Waals surface area contributed by atoms with Crippen LogP contribution in [0.2, 0.25) is 17.3 Å². The first-order valence-electron chi connectivity index (χ1n) is 10.3. The second kappa shape index (κ2) is 6.74. The van der Waals surface area contributed by atoms with E-state index in [4.69, 9.17) is 0 Å². The molecule has 0 amide bonds. The van der Waals surface area contributed by atoms with Gasteiger partial charge in [-0.3, -0.25) is 0 Å². The van der Waals surface area contributed by atoms with Gasteiger partial charge in [-0.15, -0.1) is 0 Å². The first kappa shape index (κ1) is 20.2. The van der Waals surface area contributed by atoms with Crippen LogP contribution in [-0.2, 0) is 0 Å². The summed E-state index contributed by atoms with van der Waals surface area (Å²) in [6.45, 7) is 9.62. The van der Waals surface area contributed by atoms with Crippen LogP contribution in [0.5, 0.6) is 0 Å². The molecule has 0 N–H and O–H groups in total. The molecule has 0 fully saturated rings. The Balaban J connectivity index is 1.85. The van der Waals surface area contributed by atoms with Gasteiger partial charge in [0.15, 0.2) is 0 Å². The molecule has 0 nitrogen and oxygen atoms in total. The Kier molecular flexibility index (Phi) is 4.87. The molecule has 0 heterocycles. The Morgan fingerprint density at radius 3 is 1.86 bits per heavy atom. The van der Waals surface area contributed by atoms with Gasteiger partial charge in [0.1, 0.15) is 0 Å². The summed E-state index contributed by atoms with van der Waals surface area (Å²) in [5.41, 5.74) is 9.06. The van der Waals surface area contributed by atoms with E-state index in [0.29, 0.717) is 11.8 Å². The Hall–Kier alpha value is -1.06. The van der Waals surface area contributed by atoms with E-state index in [-0.39, 0.29) is 5.41 Å². The first-order valence-corrected chi connectivity index (χ1v) is 18.5. The molecule has 28 heavy (non-hydrogen) atoms. The molecule has 0 bridgehead atoms. The van der Waals surface area contributed by atoms with Gasteiger partial charge in [-0.25, -0.2) is 0 Å². The van der Waals surface area contributed by atoms with Crippen molar-refractivity contribution in [2.45, 2.75) is 56.8 Å². The molecule has 0 aromatic heterocycles. The predicted molar refractivity (Wildman–Crippen MR) is 130 cm³/mol. The molecule has 2 atom stereocenters. The SMILES string of the molecule is CC1=Cc2c(Br)cccc2C1C(C)(C)C1C(C)=Cc2c1ccc[c]2[Ge]([CH3])([CH3])[CH3]. The van der Waals surface area contributed by atoms with Crippen molar-refractivity contribution in [2.75, 3.05) is 0 Å². The van der Waals surface area contributed by atoms with Crippen molar-refractivity contribution in [1.29, 1.82) is 0 Å². The molecule has 2 aromatic carbocycles. The number of rotatable bonds is 3. The van der Waals surface area contributed by atoms with Crippen LogP contribution in [0.25, 0.3) is 12.2 Å². The topological polar surface area (TPSA) is 0 Å². The second-order valence-electron chi connectivity index (χ2n) is 10.3. The maximum atomic E-state index is 3.77. The number of hydrogen-bond acceptors (Lipinski definition) is 0. The zero-order valence-corrected chi connectivity index (χ0v) is 21.8. The fourth-order valence-corrected chi connectivity index (χ4v) is 9.76. The fourth-order valence-electron chi connectivity index (χ4n) is 5.86. The van der Waals surface area contributed by atoms with Crippen LogP contribution >= 0.6 is 15.9 Å². The molecular formula is C26H31BrGe.